The minimum atomic E-state index is 0.223. The predicted molar refractivity (Wildman–Crippen MR) is 71.4 cm³/mol. The molecule has 4 N–H and O–H groups in total. The lowest BCUT2D eigenvalue weighted by molar-refractivity contribution is 0.286. The first-order valence-electron chi connectivity index (χ1n) is 5.59. The first-order chi connectivity index (χ1) is 8.20. The first kappa shape index (κ1) is 12.1. The van der Waals surface area contributed by atoms with Crippen LogP contribution in [0.25, 0.3) is 10.2 Å². The van der Waals surface area contributed by atoms with Gasteiger partial charge in [0.2, 0.25) is 5.95 Å². The number of hydrogen-bond donors (Lipinski definition) is 3. The van der Waals surface area contributed by atoms with Crippen LogP contribution in [0, 0.1) is 6.92 Å². The maximum atomic E-state index is 8.71. The Morgan fingerprint density at radius 2 is 2.24 bits per heavy atom. The number of thiophene rings is 1. The number of aryl methyl sites for hydroxylation is 1. The molecule has 2 aromatic rings. The molecule has 2 rings (SSSR count). The van der Waals surface area contributed by atoms with Gasteiger partial charge in [-0.05, 0) is 25.8 Å². The lowest BCUT2D eigenvalue weighted by Gasteiger charge is -2.06. The molecule has 0 unspecified atom stereocenters. The van der Waals surface area contributed by atoms with Gasteiger partial charge in [-0.2, -0.15) is 4.98 Å². The van der Waals surface area contributed by atoms with Crippen LogP contribution in [-0.4, -0.2) is 28.2 Å². The average Bonchev–Trinajstić information content (AvgIpc) is 2.64. The van der Waals surface area contributed by atoms with E-state index in [0.717, 1.165) is 35.4 Å². The lowest BCUT2D eigenvalue weighted by atomic mass is 10.3. The van der Waals surface area contributed by atoms with E-state index in [2.05, 4.69) is 21.4 Å². The van der Waals surface area contributed by atoms with E-state index in [1.807, 2.05) is 6.92 Å². The zero-order chi connectivity index (χ0) is 12.3. The van der Waals surface area contributed by atoms with Gasteiger partial charge in [0.25, 0.3) is 0 Å². The standard InChI is InChI=1S/C11H16N4OS/c1-7-6-8-9(13-4-2-3-5-16)14-11(12)15-10(8)17-7/h6,16H,2-5H2,1H3,(H3,12,13,14,15). The highest BCUT2D eigenvalue weighted by Crippen LogP contribution is 2.28. The summed E-state index contributed by atoms with van der Waals surface area (Å²) >= 11 is 1.61. The molecule has 0 radical (unpaired) electrons. The van der Waals surface area contributed by atoms with E-state index in [1.165, 1.54) is 4.88 Å². The Labute approximate surface area is 104 Å². The molecule has 2 heterocycles. The van der Waals surface area contributed by atoms with Crippen LogP contribution in [0.4, 0.5) is 11.8 Å². The third-order valence-corrected chi connectivity index (χ3v) is 3.35. The van der Waals surface area contributed by atoms with Crippen LogP contribution >= 0.6 is 11.3 Å². The van der Waals surface area contributed by atoms with Crippen LogP contribution in [0.1, 0.15) is 17.7 Å². The summed E-state index contributed by atoms with van der Waals surface area (Å²) in [6.07, 6.45) is 1.70. The van der Waals surface area contributed by atoms with Crippen LogP contribution in [0.5, 0.6) is 0 Å². The summed E-state index contributed by atoms with van der Waals surface area (Å²) in [5, 5.41) is 13.0. The number of fused-ring (bicyclic) bond motifs is 1. The summed E-state index contributed by atoms with van der Waals surface area (Å²) < 4.78 is 0. The number of anilines is 2. The largest absolute Gasteiger partial charge is 0.396 e. The molecular weight excluding hydrogens is 236 g/mol. The molecule has 17 heavy (non-hydrogen) atoms. The van der Waals surface area contributed by atoms with E-state index >= 15 is 0 Å². The Morgan fingerprint density at radius 1 is 1.41 bits per heavy atom. The number of aliphatic hydroxyl groups excluding tert-OH is 1. The van der Waals surface area contributed by atoms with Crippen LogP contribution in [0.15, 0.2) is 6.07 Å². The molecule has 6 heteroatoms. The second kappa shape index (κ2) is 5.29. The number of nitrogens with zero attached hydrogens (tertiary/aromatic N) is 2. The van der Waals surface area contributed by atoms with Gasteiger partial charge in [-0.25, -0.2) is 4.98 Å². The molecule has 0 amide bonds. The van der Waals surface area contributed by atoms with E-state index in [9.17, 15) is 0 Å². The minimum absolute atomic E-state index is 0.223. The van der Waals surface area contributed by atoms with Crippen molar-refractivity contribution in [2.75, 3.05) is 24.2 Å². The van der Waals surface area contributed by atoms with Gasteiger partial charge in [-0.15, -0.1) is 11.3 Å². The van der Waals surface area contributed by atoms with Crippen molar-refractivity contribution in [1.82, 2.24) is 9.97 Å². The van der Waals surface area contributed by atoms with Crippen molar-refractivity contribution in [2.24, 2.45) is 0 Å². The van der Waals surface area contributed by atoms with Crippen molar-refractivity contribution in [2.45, 2.75) is 19.8 Å². The van der Waals surface area contributed by atoms with Gasteiger partial charge in [0.05, 0.1) is 5.39 Å². The molecule has 0 atom stereocenters. The monoisotopic (exact) mass is 252 g/mol. The summed E-state index contributed by atoms with van der Waals surface area (Å²) in [4.78, 5) is 10.5. The normalized spacial score (nSPS) is 10.9. The number of nitrogens with two attached hydrogens (primary N) is 1. The number of hydrogen-bond acceptors (Lipinski definition) is 6. The topological polar surface area (TPSA) is 84.1 Å². The minimum Gasteiger partial charge on any atom is -0.396 e. The maximum Gasteiger partial charge on any atom is 0.223 e. The SMILES string of the molecule is Cc1cc2c(NCCCCO)nc(N)nc2s1. The molecule has 2 aromatic heterocycles. The quantitative estimate of drug-likeness (QED) is 0.706. The summed E-state index contributed by atoms with van der Waals surface area (Å²) in [6.45, 7) is 3.04. The molecular formula is C11H16N4OS. The summed E-state index contributed by atoms with van der Waals surface area (Å²) in [7, 11) is 0. The Morgan fingerprint density at radius 3 is 3.00 bits per heavy atom. The number of aromatic nitrogens is 2. The van der Waals surface area contributed by atoms with Crippen molar-refractivity contribution in [3.05, 3.63) is 10.9 Å². The van der Waals surface area contributed by atoms with Gasteiger partial charge in [-0.1, -0.05) is 0 Å². The van der Waals surface area contributed by atoms with Crippen molar-refractivity contribution < 1.29 is 5.11 Å². The molecule has 0 spiro atoms. The maximum absolute atomic E-state index is 8.71. The molecule has 0 aliphatic heterocycles. The van der Waals surface area contributed by atoms with Crippen LogP contribution < -0.4 is 11.1 Å². The Kier molecular flexibility index (Phi) is 3.75. The van der Waals surface area contributed by atoms with Crippen molar-refractivity contribution in [3.8, 4) is 0 Å². The summed E-state index contributed by atoms with van der Waals surface area (Å²) in [5.74, 6) is 1.08. The van der Waals surface area contributed by atoms with Gasteiger partial charge < -0.3 is 16.2 Å². The fourth-order valence-electron chi connectivity index (χ4n) is 1.64. The van der Waals surface area contributed by atoms with E-state index in [1.54, 1.807) is 11.3 Å². The highest BCUT2D eigenvalue weighted by Gasteiger charge is 2.08. The zero-order valence-corrected chi connectivity index (χ0v) is 10.5. The van der Waals surface area contributed by atoms with E-state index in [-0.39, 0.29) is 6.61 Å². The second-order valence-corrected chi connectivity index (χ2v) is 5.10. The van der Waals surface area contributed by atoms with Crippen molar-refractivity contribution in [3.63, 3.8) is 0 Å². The third-order valence-electron chi connectivity index (χ3n) is 2.41. The molecule has 0 aromatic carbocycles. The molecule has 0 fully saturated rings. The highest BCUT2D eigenvalue weighted by molar-refractivity contribution is 7.18. The highest BCUT2D eigenvalue weighted by atomic mass is 32.1. The first-order valence-corrected chi connectivity index (χ1v) is 6.40. The number of nitrogen functional groups attached to an aromatic ring is 1. The van der Waals surface area contributed by atoms with Gasteiger partial charge in [0, 0.05) is 18.0 Å². The number of rotatable bonds is 5. The predicted octanol–water partition coefficient (Wildman–Crippen LogP) is 1.77. The van der Waals surface area contributed by atoms with Crippen LogP contribution in [-0.2, 0) is 0 Å². The fraction of sp³-hybridized carbons (Fsp3) is 0.455. The lowest BCUT2D eigenvalue weighted by Crippen LogP contribution is -2.06. The number of aliphatic hydroxyl groups is 1. The molecule has 0 saturated heterocycles. The molecule has 0 aliphatic carbocycles. The zero-order valence-electron chi connectivity index (χ0n) is 9.73. The Bertz CT molecular complexity index is 511. The van der Waals surface area contributed by atoms with Gasteiger partial charge in [0.1, 0.15) is 10.6 Å². The summed E-state index contributed by atoms with van der Waals surface area (Å²) in [5.41, 5.74) is 5.67. The van der Waals surface area contributed by atoms with E-state index in [0.29, 0.717) is 5.95 Å². The van der Waals surface area contributed by atoms with Crippen molar-refractivity contribution >= 4 is 33.3 Å². The Hall–Kier alpha value is -1.40. The van der Waals surface area contributed by atoms with Crippen molar-refractivity contribution in [1.29, 1.82) is 0 Å². The smallest absolute Gasteiger partial charge is 0.223 e. The second-order valence-electron chi connectivity index (χ2n) is 3.86. The third kappa shape index (κ3) is 2.83. The van der Waals surface area contributed by atoms with Crippen LogP contribution in [0.2, 0.25) is 0 Å². The summed E-state index contributed by atoms with van der Waals surface area (Å²) in [6, 6.07) is 2.06. The van der Waals surface area contributed by atoms with Crippen LogP contribution in [0.3, 0.4) is 0 Å². The number of unbranched alkanes of at least 4 members (excludes halogenated alkanes) is 1. The Balaban J connectivity index is 2.19. The van der Waals surface area contributed by atoms with Gasteiger partial charge in [0.15, 0.2) is 0 Å². The van der Waals surface area contributed by atoms with E-state index in [4.69, 9.17) is 10.8 Å². The van der Waals surface area contributed by atoms with E-state index < -0.39 is 0 Å². The fourth-order valence-corrected chi connectivity index (χ4v) is 2.52. The molecule has 5 nitrogen and oxygen atoms in total. The van der Waals surface area contributed by atoms with Gasteiger partial charge >= 0.3 is 0 Å². The molecule has 0 aliphatic rings. The average molecular weight is 252 g/mol. The molecule has 0 saturated carbocycles. The van der Waals surface area contributed by atoms with Gasteiger partial charge in [-0.3, -0.25) is 0 Å². The molecule has 0 bridgehead atoms. The number of nitrogens with one attached hydrogen (secondary N) is 1. The molecule has 92 valence electrons.